The Morgan fingerprint density at radius 3 is 2.87 bits per heavy atom. The predicted octanol–water partition coefficient (Wildman–Crippen LogP) is 0.728. The molecule has 1 aromatic carbocycles. The number of nitrogens with two attached hydrogens (primary N) is 1. The third kappa shape index (κ3) is 2.94. The van der Waals surface area contributed by atoms with Crippen molar-refractivity contribution in [3.63, 3.8) is 0 Å². The van der Waals surface area contributed by atoms with Crippen LogP contribution in [0.25, 0.3) is 10.9 Å². The van der Waals surface area contributed by atoms with Gasteiger partial charge in [-0.1, -0.05) is 18.2 Å². The van der Waals surface area contributed by atoms with Gasteiger partial charge in [0.05, 0.1) is 6.54 Å². The van der Waals surface area contributed by atoms with Crippen molar-refractivity contribution in [1.29, 1.82) is 0 Å². The molecule has 122 valence electrons. The molecule has 1 aromatic heterocycles. The van der Waals surface area contributed by atoms with Gasteiger partial charge in [0.2, 0.25) is 11.8 Å². The molecule has 2 heterocycles. The van der Waals surface area contributed by atoms with Gasteiger partial charge in [-0.25, -0.2) is 0 Å². The molecule has 0 spiro atoms. The third-order valence-corrected chi connectivity index (χ3v) is 4.50. The maximum absolute atomic E-state index is 12.7. The number of para-hydroxylation sites is 1. The Kier molecular flexibility index (Phi) is 4.34. The van der Waals surface area contributed by atoms with Crippen LogP contribution in [0.3, 0.4) is 0 Å². The van der Waals surface area contributed by atoms with E-state index in [1.165, 1.54) is 0 Å². The zero-order valence-electron chi connectivity index (χ0n) is 13.3. The van der Waals surface area contributed by atoms with Gasteiger partial charge in [0.1, 0.15) is 6.04 Å². The van der Waals surface area contributed by atoms with Crippen molar-refractivity contribution < 1.29 is 9.59 Å². The maximum atomic E-state index is 12.7. The second-order valence-corrected chi connectivity index (χ2v) is 5.99. The van der Waals surface area contributed by atoms with Gasteiger partial charge in [-0.2, -0.15) is 0 Å². The van der Waals surface area contributed by atoms with Gasteiger partial charge in [-0.3, -0.25) is 9.59 Å². The molecular formula is C17H22N4O2. The summed E-state index contributed by atoms with van der Waals surface area (Å²) in [5, 5.41) is 1.10. The minimum absolute atomic E-state index is 0.00540. The van der Waals surface area contributed by atoms with Crippen molar-refractivity contribution in [3.8, 4) is 0 Å². The van der Waals surface area contributed by atoms with Crippen LogP contribution in [0.5, 0.6) is 0 Å². The van der Waals surface area contributed by atoms with Crippen molar-refractivity contribution in [2.75, 3.05) is 26.7 Å². The first-order valence-electron chi connectivity index (χ1n) is 7.91. The second-order valence-electron chi connectivity index (χ2n) is 5.99. The summed E-state index contributed by atoms with van der Waals surface area (Å²) in [4.78, 5) is 31.4. The summed E-state index contributed by atoms with van der Waals surface area (Å²) in [6.07, 6.45) is 3.15. The van der Waals surface area contributed by atoms with E-state index in [0.717, 1.165) is 16.5 Å². The first-order chi connectivity index (χ1) is 11.1. The molecule has 0 radical (unpaired) electrons. The summed E-state index contributed by atoms with van der Waals surface area (Å²) in [5.74, 6) is -0.0164. The van der Waals surface area contributed by atoms with Gasteiger partial charge in [-0.05, 0) is 24.6 Å². The largest absolute Gasteiger partial charge is 0.361 e. The Labute approximate surface area is 135 Å². The van der Waals surface area contributed by atoms with E-state index in [1.54, 1.807) is 16.8 Å². The van der Waals surface area contributed by atoms with Gasteiger partial charge < -0.3 is 20.5 Å². The predicted molar refractivity (Wildman–Crippen MR) is 88.8 cm³/mol. The lowest BCUT2D eigenvalue weighted by atomic mass is 10.0. The number of piperazine rings is 1. The van der Waals surface area contributed by atoms with E-state index in [0.29, 0.717) is 25.9 Å². The van der Waals surface area contributed by atoms with Crippen LogP contribution in [0.4, 0.5) is 0 Å². The molecule has 1 saturated heterocycles. The molecule has 1 fully saturated rings. The number of fused-ring (bicyclic) bond motifs is 1. The number of H-pyrrole nitrogens is 1. The average Bonchev–Trinajstić information content (AvgIpc) is 2.97. The Bertz CT molecular complexity index is 724. The fourth-order valence-electron chi connectivity index (χ4n) is 3.11. The van der Waals surface area contributed by atoms with Gasteiger partial charge >= 0.3 is 0 Å². The average molecular weight is 314 g/mol. The van der Waals surface area contributed by atoms with Gasteiger partial charge in [0.25, 0.3) is 0 Å². The van der Waals surface area contributed by atoms with Gasteiger partial charge in [-0.15, -0.1) is 0 Å². The van der Waals surface area contributed by atoms with E-state index in [4.69, 9.17) is 5.73 Å². The van der Waals surface area contributed by atoms with E-state index in [-0.39, 0.29) is 18.4 Å². The van der Waals surface area contributed by atoms with Crippen molar-refractivity contribution in [3.05, 3.63) is 36.0 Å². The summed E-state index contributed by atoms with van der Waals surface area (Å²) in [6.45, 7) is 1.21. The molecule has 0 bridgehead atoms. The minimum atomic E-state index is -0.451. The van der Waals surface area contributed by atoms with E-state index in [9.17, 15) is 9.59 Å². The second kappa shape index (κ2) is 6.42. The number of likely N-dealkylation sites (N-methyl/N-ethyl adjacent to an activating group) is 1. The van der Waals surface area contributed by atoms with Gasteiger partial charge in [0.15, 0.2) is 0 Å². The Morgan fingerprint density at radius 1 is 1.30 bits per heavy atom. The molecule has 2 amide bonds. The number of hydrogen-bond donors (Lipinski definition) is 2. The number of hydrogen-bond acceptors (Lipinski definition) is 3. The fourth-order valence-corrected chi connectivity index (χ4v) is 3.11. The number of amides is 2. The zero-order chi connectivity index (χ0) is 16.4. The van der Waals surface area contributed by atoms with Crippen molar-refractivity contribution >= 4 is 22.7 Å². The summed E-state index contributed by atoms with van der Waals surface area (Å²) in [5.41, 5.74) is 7.62. The molecule has 3 rings (SSSR count). The van der Waals surface area contributed by atoms with Crippen LogP contribution in [0.1, 0.15) is 12.0 Å². The Morgan fingerprint density at radius 2 is 2.09 bits per heavy atom. The Hall–Kier alpha value is -2.34. The number of aromatic amines is 1. The van der Waals surface area contributed by atoms with Crippen LogP contribution in [-0.4, -0.2) is 59.3 Å². The monoisotopic (exact) mass is 314 g/mol. The van der Waals surface area contributed by atoms with Crippen molar-refractivity contribution in [1.82, 2.24) is 14.8 Å². The molecule has 3 N–H and O–H groups in total. The summed E-state index contributed by atoms with van der Waals surface area (Å²) < 4.78 is 0. The lowest BCUT2D eigenvalue weighted by molar-refractivity contribution is -0.154. The van der Waals surface area contributed by atoms with Crippen LogP contribution in [0.15, 0.2) is 30.5 Å². The standard InChI is InChI=1S/C17H22N4O2/c1-20-15(17(23)21(8-4-7-18)11-16(20)22)9-12-10-19-14-6-3-2-5-13(12)14/h2-3,5-6,10,15,19H,4,7-9,11,18H2,1H3/t15-/m0/s1. The topological polar surface area (TPSA) is 82.4 Å². The lowest BCUT2D eigenvalue weighted by Crippen LogP contribution is -2.59. The highest BCUT2D eigenvalue weighted by atomic mass is 16.2. The number of carbonyl (C=O) groups is 2. The van der Waals surface area contributed by atoms with E-state index >= 15 is 0 Å². The van der Waals surface area contributed by atoms with Crippen LogP contribution >= 0.6 is 0 Å². The van der Waals surface area contributed by atoms with E-state index < -0.39 is 6.04 Å². The number of aromatic nitrogens is 1. The van der Waals surface area contributed by atoms with Crippen LogP contribution in [0, 0.1) is 0 Å². The van der Waals surface area contributed by atoms with Crippen LogP contribution in [0.2, 0.25) is 0 Å². The first-order valence-corrected chi connectivity index (χ1v) is 7.91. The van der Waals surface area contributed by atoms with Crippen LogP contribution < -0.4 is 5.73 Å². The van der Waals surface area contributed by atoms with Crippen LogP contribution in [-0.2, 0) is 16.0 Å². The third-order valence-electron chi connectivity index (χ3n) is 4.50. The fraction of sp³-hybridized carbons (Fsp3) is 0.412. The van der Waals surface area contributed by atoms with Gasteiger partial charge in [0, 0.05) is 37.1 Å². The molecular weight excluding hydrogens is 292 g/mol. The molecule has 1 atom stereocenters. The number of nitrogens with one attached hydrogen (secondary N) is 1. The van der Waals surface area contributed by atoms with Crippen molar-refractivity contribution in [2.45, 2.75) is 18.9 Å². The highest BCUT2D eigenvalue weighted by Gasteiger charge is 2.37. The minimum Gasteiger partial charge on any atom is -0.361 e. The zero-order valence-corrected chi connectivity index (χ0v) is 13.3. The van der Waals surface area contributed by atoms with E-state index in [1.807, 2.05) is 30.5 Å². The normalized spacial score (nSPS) is 19.0. The number of carbonyl (C=O) groups excluding carboxylic acids is 2. The van der Waals surface area contributed by atoms with E-state index in [2.05, 4.69) is 4.98 Å². The smallest absolute Gasteiger partial charge is 0.246 e. The number of nitrogens with zero attached hydrogens (tertiary/aromatic N) is 2. The molecule has 1 aliphatic heterocycles. The highest BCUT2D eigenvalue weighted by molar-refractivity contribution is 5.95. The maximum Gasteiger partial charge on any atom is 0.246 e. The number of rotatable bonds is 5. The molecule has 0 unspecified atom stereocenters. The number of benzene rings is 1. The molecule has 6 heteroatoms. The lowest BCUT2D eigenvalue weighted by Gasteiger charge is -2.38. The highest BCUT2D eigenvalue weighted by Crippen LogP contribution is 2.22. The molecule has 2 aromatic rings. The summed E-state index contributed by atoms with van der Waals surface area (Å²) >= 11 is 0. The quantitative estimate of drug-likeness (QED) is 0.853. The first kappa shape index (κ1) is 15.6. The molecule has 0 saturated carbocycles. The Balaban J connectivity index is 1.84. The molecule has 23 heavy (non-hydrogen) atoms. The molecule has 0 aliphatic carbocycles. The molecule has 6 nitrogen and oxygen atoms in total. The molecule has 1 aliphatic rings. The summed E-state index contributed by atoms with van der Waals surface area (Å²) in [6, 6.07) is 7.53. The SMILES string of the molecule is CN1C(=O)CN(CCCN)C(=O)[C@@H]1Cc1c[nH]c2ccccc12. The summed E-state index contributed by atoms with van der Waals surface area (Å²) in [7, 11) is 1.71. The van der Waals surface area contributed by atoms with Crippen molar-refractivity contribution in [2.24, 2.45) is 5.73 Å².